The van der Waals surface area contributed by atoms with Gasteiger partial charge in [-0.3, -0.25) is 10.1 Å². The second kappa shape index (κ2) is 8.24. The normalized spacial score (nSPS) is 12.9. The van der Waals surface area contributed by atoms with Gasteiger partial charge in [0.25, 0.3) is 14.0 Å². The first-order chi connectivity index (χ1) is 12.9. The van der Waals surface area contributed by atoms with Crippen LogP contribution in [0.3, 0.4) is 0 Å². The topological polar surface area (TPSA) is 121 Å². The van der Waals surface area contributed by atoms with E-state index in [1.54, 1.807) is 18.4 Å². The van der Waals surface area contributed by atoms with Gasteiger partial charge >= 0.3 is 17.4 Å². The van der Waals surface area contributed by atoms with Gasteiger partial charge in [-0.05, 0) is 18.1 Å². The molecular weight excluding hydrogens is 435 g/mol. The Morgan fingerprint density at radius 2 is 1.66 bits per heavy atom. The maximum atomic E-state index is 10.9. The summed E-state index contributed by atoms with van der Waals surface area (Å²) in [5, 5.41) is 11.6. The van der Waals surface area contributed by atoms with Crippen LogP contribution < -0.4 is 4.43 Å². The summed E-state index contributed by atoms with van der Waals surface area (Å²) in [6.07, 6.45) is 1.55. The molecule has 0 saturated heterocycles. The van der Waals surface area contributed by atoms with Gasteiger partial charge in [-0.1, -0.05) is 20.8 Å². The van der Waals surface area contributed by atoms with Crippen molar-refractivity contribution in [3.63, 3.8) is 0 Å². The molecule has 0 radical (unpaired) electrons. The van der Waals surface area contributed by atoms with E-state index in [1.165, 1.54) is 12.1 Å². The molecule has 2 aromatic rings. The molecule has 0 aliphatic carbocycles. The van der Waals surface area contributed by atoms with Gasteiger partial charge in [-0.25, -0.2) is 12.8 Å². The lowest BCUT2D eigenvalue weighted by Crippen LogP contribution is -2.43. The molecule has 0 fully saturated rings. The highest BCUT2D eigenvalue weighted by Gasteiger charge is 2.40. The molecule has 162 valence electrons. The fourth-order valence-corrected chi connectivity index (χ4v) is 2.74. The summed E-state index contributed by atoms with van der Waals surface area (Å²) in [6, 6.07) is 6.27. The molecule has 1 aromatic carbocycles. The second-order valence-corrected chi connectivity index (χ2v) is 13.6. The van der Waals surface area contributed by atoms with E-state index in [1.807, 2.05) is 0 Å². The lowest BCUT2D eigenvalue weighted by atomic mass is 10.2. The van der Waals surface area contributed by atoms with Crippen LogP contribution in [0.4, 0.5) is 18.9 Å². The van der Waals surface area contributed by atoms with Crippen LogP contribution in [0, 0.1) is 10.1 Å². The van der Waals surface area contributed by atoms with Crippen molar-refractivity contribution in [1.82, 2.24) is 0 Å². The summed E-state index contributed by atoms with van der Waals surface area (Å²) < 4.78 is 70.6. The van der Waals surface area contributed by atoms with E-state index in [0.717, 1.165) is 0 Å². The number of halogens is 3. The molecule has 2 rings (SSSR count). The number of nitro benzene ring substituents is 1. The van der Waals surface area contributed by atoms with Gasteiger partial charge in [0.1, 0.15) is 11.1 Å². The Labute approximate surface area is 166 Å². The van der Waals surface area contributed by atoms with E-state index in [0.29, 0.717) is 16.7 Å². The Morgan fingerprint density at radius 1 is 1.14 bits per heavy atom. The molecule has 1 aromatic heterocycles. The molecule has 0 aliphatic heterocycles. The molecule has 0 unspecified atom stereocenters. The summed E-state index contributed by atoms with van der Waals surface area (Å²) in [5.41, 5.74) is -5.03. The SMILES string of the molecule is CC(C)(C)[Si](C)(C)Oc1cc[o+]c2ccc([N+](=O)[O-])cc12.O=S(=O)([O-])C(F)(F)F. The zero-order valence-corrected chi connectivity index (χ0v) is 18.1. The third-order valence-electron chi connectivity index (χ3n) is 4.31. The Balaban J connectivity index is 0.000000447. The Bertz CT molecular complexity index is 1000. The first-order valence-electron chi connectivity index (χ1n) is 8.07. The lowest BCUT2D eigenvalue weighted by molar-refractivity contribution is -0.384. The number of hydrogen-bond acceptors (Lipinski definition) is 6. The van der Waals surface area contributed by atoms with Gasteiger partial charge in [0.2, 0.25) is 0 Å². The van der Waals surface area contributed by atoms with Crippen LogP contribution in [0.15, 0.2) is 34.9 Å². The molecule has 1 heterocycles. The molecule has 0 spiro atoms. The Kier molecular flexibility index (Phi) is 7.04. The number of alkyl halides is 3. The molecule has 8 nitrogen and oxygen atoms in total. The maximum Gasteiger partial charge on any atom is 0.485 e. The zero-order chi connectivity index (χ0) is 22.8. The Morgan fingerprint density at radius 3 is 2.07 bits per heavy atom. The Hall–Kier alpha value is -2.25. The summed E-state index contributed by atoms with van der Waals surface area (Å²) in [4.78, 5) is 10.5. The van der Waals surface area contributed by atoms with Crippen LogP contribution in [0.25, 0.3) is 11.0 Å². The summed E-state index contributed by atoms with van der Waals surface area (Å²) in [6.45, 7) is 10.7. The van der Waals surface area contributed by atoms with Gasteiger partial charge in [-0.2, -0.15) is 13.2 Å². The highest BCUT2D eigenvalue weighted by molar-refractivity contribution is 7.86. The van der Waals surface area contributed by atoms with Crippen molar-refractivity contribution in [1.29, 1.82) is 0 Å². The van der Waals surface area contributed by atoms with Crippen LogP contribution in [0.2, 0.25) is 18.1 Å². The van der Waals surface area contributed by atoms with Crippen LogP contribution in [0.1, 0.15) is 20.8 Å². The molecule has 0 N–H and O–H groups in total. The first kappa shape index (κ1) is 24.8. The average molecular weight is 455 g/mol. The van der Waals surface area contributed by atoms with Crippen LogP contribution >= 0.6 is 0 Å². The van der Waals surface area contributed by atoms with Gasteiger partial charge in [0, 0.05) is 12.1 Å². The predicted octanol–water partition coefficient (Wildman–Crippen LogP) is 5.06. The van der Waals surface area contributed by atoms with Crippen LogP contribution in [0.5, 0.6) is 5.75 Å². The van der Waals surface area contributed by atoms with E-state index in [2.05, 4.69) is 33.9 Å². The number of rotatable bonds is 3. The van der Waals surface area contributed by atoms with Gasteiger partial charge < -0.3 is 8.98 Å². The smallest absolute Gasteiger partial charge is 0.485 e. The molecule has 0 saturated carbocycles. The monoisotopic (exact) mass is 455 g/mol. The lowest BCUT2D eigenvalue weighted by Gasteiger charge is -2.36. The second-order valence-electron chi connectivity index (χ2n) is 7.48. The van der Waals surface area contributed by atoms with Crippen molar-refractivity contribution in [2.24, 2.45) is 0 Å². The van der Waals surface area contributed by atoms with E-state index in [4.69, 9.17) is 21.8 Å². The number of nitro groups is 1. The van der Waals surface area contributed by atoms with Crippen molar-refractivity contribution in [3.05, 3.63) is 40.6 Å². The largest absolute Gasteiger partial charge is 0.741 e. The first-order valence-corrected chi connectivity index (χ1v) is 12.4. The molecule has 13 heteroatoms. The third kappa shape index (κ3) is 6.37. The third-order valence-corrected chi connectivity index (χ3v) is 9.22. The van der Waals surface area contributed by atoms with Crippen LogP contribution in [-0.4, -0.2) is 31.7 Å². The van der Waals surface area contributed by atoms with Crippen molar-refractivity contribution in [2.75, 3.05) is 0 Å². The number of nitrogens with zero attached hydrogens (tertiary/aromatic N) is 1. The predicted molar refractivity (Wildman–Crippen MR) is 101 cm³/mol. The van der Waals surface area contributed by atoms with Crippen molar-refractivity contribution < 1.29 is 39.9 Å². The molecule has 0 bridgehead atoms. The fraction of sp³-hybridized carbons (Fsp3) is 0.438. The van der Waals surface area contributed by atoms with E-state index in [9.17, 15) is 23.3 Å². The summed E-state index contributed by atoms with van der Waals surface area (Å²) in [5.74, 6) is 0.645. The van der Waals surface area contributed by atoms with Crippen molar-refractivity contribution in [3.8, 4) is 5.75 Å². The van der Waals surface area contributed by atoms with Crippen LogP contribution in [-0.2, 0) is 10.1 Å². The minimum absolute atomic E-state index is 0.0315. The number of fused-ring (bicyclic) bond motifs is 1. The average Bonchev–Trinajstić information content (AvgIpc) is 2.52. The quantitative estimate of drug-likeness (QED) is 0.158. The highest BCUT2D eigenvalue weighted by Crippen LogP contribution is 2.39. The van der Waals surface area contributed by atoms with E-state index < -0.39 is 28.9 Å². The minimum atomic E-state index is -6.09. The standard InChI is InChI=1S/C15H20NO4Si.CHF3O3S/c1-15(2,3)21(4,5)20-14-8-9-19-13-7-6-11(16(17)18)10-12(13)14;2-1(3,4)8(5,6)7/h6-10H,1-5H3;(H,5,6,7)/q+1;/p-1. The molecule has 0 aliphatic rings. The molecule has 29 heavy (non-hydrogen) atoms. The number of non-ortho nitro benzene ring substituents is 1. The molecule has 0 atom stereocenters. The molecule has 0 amide bonds. The highest BCUT2D eigenvalue weighted by atomic mass is 32.2. The zero-order valence-electron chi connectivity index (χ0n) is 16.2. The van der Waals surface area contributed by atoms with E-state index in [-0.39, 0.29) is 10.7 Å². The fourth-order valence-electron chi connectivity index (χ4n) is 1.70. The minimum Gasteiger partial charge on any atom is -0.741 e. The maximum absolute atomic E-state index is 10.9. The number of benzene rings is 1. The summed E-state index contributed by atoms with van der Waals surface area (Å²) in [7, 11) is -8.11. The molecular formula is C16H20F3NO7SSi. The van der Waals surface area contributed by atoms with Crippen molar-refractivity contribution >= 4 is 35.1 Å². The number of hydrogen-bond donors (Lipinski definition) is 0. The van der Waals surface area contributed by atoms with Crippen molar-refractivity contribution in [2.45, 2.75) is 44.4 Å². The van der Waals surface area contributed by atoms with Gasteiger partial charge in [-0.15, -0.1) is 0 Å². The van der Waals surface area contributed by atoms with Gasteiger partial charge in [0.05, 0.1) is 17.1 Å². The van der Waals surface area contributed by atoms with Gasteiger partial charge in [0.15, 0.2) is 10.1 Å². The van der Waals surface area contributed by atoms with E-state index >= 15 is 0 Å². The summed E-state index contributed by atoms with van der Waals surface area (Å²) >= 11 is 0.